The van der Waals surface area contributed by atoms with E-state index in [-0.39, 0.29) is 38.0 Å². The number of hydrogen-bond acceptors (Lipinski definition) is 6. The second-order valence-electron chi connectivity index (χ2n) is 6.46. The quantitative estimate of drug-likeness (QED) is 0.307. The molecule has 3 aromatic rings. The molecule has 0 aliphatic heterocycles. The number of nitro benzene ring substituents is 1. The van der Waals surface area contributed by atoms with Crippen molar-refractivity contribution in [3.05, 3.63) is 82.4 Å². The molecule has 31 heavy (non-hydrogen) atoms. The lowest BCUT2D eigenvalue weighted by atomic mass is 10.1. The number of rotatable bonds is 9. The Morgan fingerprint density at radius 1 is 0.903 bits per heavy atom. The molecule has 0 aliphatic rings. The molecule has 160 valence electrons. The van der Waals surface area contributed by atoms with Crippen molar-refractivity contribution in [3.63, 3.8) is 0 Å². The normalized spacial score (nSPS) is 10.5. The van der Waals surface area contributed by atoms with E-state index < -0.39 is 11.0 Å². The predicted octanol–water partition coefficient (Wildman–Crippen LogP) is 3.74. The Labute approximate surface area is 178 Å². The molecular formula is C22H21N3O6. The number of amides is 2. The molecule has 0 saturated carbocycles. The molecule has 0 unspecified atom stereocenters. The van der Waals surface area contributed by atoms with Crippen LogP contribution in [0.5, 0.6) is 0 Å². The Bertz CT molecular complexity index is 1060. The van der Waals surface area contributed by atoms with Crippen LogP contribution >= 0.6 is 0 Å². The highest BCUT2D eigenvalue weighted by Crippen LogP contribution is 2.22. The van der Waals surface area contributed by atoms with Gasteiger partial charge in [-0.2, -0.15) is 0 Å². The van der Waals surface area contributed by atoms with Crippen LogP contribution in [0.1, 0.15) is 10.4 Å². The van der Waals surface area contributed by atoms with Gasteiger partial charge in [0.25, 0.3) is 11.6 Å². The fourth-order valence-corrected chi connectivity index (χ4v) is 2.85. The highest BCUT2D eigenvalue weighted by atomic mass is 16.6. The molecule has 0 radical (unpaired) electrons. The lowest BCUT2D eigenvalue weighted by Gasteiger charge is -2.10. The van der Waals surface area contributed by atoms with Gasteiger partial charge in [-0.3, -0.25) is 20.2 Å². The first-order chi connectivity index (χ1) is 15.0. The zero-order valence-corrected chi connectivity index (χ0v) is 16.6. The molecule has 9 heteroatoms. The third kappa shape index (κ3) is 6.25. The number of nitrogens with zero attached hydrogens (tertiary/aromatic N) is 1. The summed E-state index contributed by atoms with van der Waals surface area (Å²) in [5, 5.41) is 17.9. The summed E-state index contributed by atoms with van der Waals surface area (Å²) in [6.07, 6.45) is -0.577. The summed E-state index contributed by atoms with van der Waals surface area (Å²) < 4.78 is 10.4. The fourth-order valence-electron chi connectivity index (χ4n) is 2.85. The fraction of sp³-hybridized carbons (Fsp3) is 0.182. The third-order valence-corrected chi connectivity index (χ3v) is 4.36. The molecule has 0 aromatic heterocycles. The zero-order chi connectivity index (χ0) is 22.1. The summed E-state index contributed by atoms with van der Waals surface area (Å²) in [5.74, 6) is -0.357. The third-order valence-electron chi connectivity index (χ3n) is 4.36. The van der Waals surface area contributed by atoms with Gasteiger partial charge < -0.3 is 14.8 Å². The summed E-state index contributed by atoms with van der Waals surface area (Å²) >= 11 is 0. The number of nitrogens with one attached hydrogen (secondary N) is 2. The number of benzene rings is 3. The molecule has 9 nitrogen and oxygen atoms in total. The van der Waals surface area contributed by atoms with Crippen molar-refractivity contribution in [2.24, 2.45) is 0 Å². The highest BCUT2D eigenvalue weighted by molar-refractivity contribution is 6.00. The maximum atomic E-state index is 12.0. The van der Waals surface area contributed by atoms with E-state index in [0.29, 0.717) is 11.3 Å². The van der Waals surface area contributed by atoms with Crippen LogP contribution in [0.3, 0.4) is 0 Å². The Morgan fingerprint density at radius 3 is 2.42 bits per heavy atom. The molecule has 2 amide bonds. The number of carbonyl (C=O) groups excluding carboxylic acids is 2. The van der Waals surface area contributed by atoms with Crippen LogP contribution < -0.4 is 10.6 Å². The molecule has 0 spiro atoms. The number of hydrogen-bond donors (Lipinski definition) is 2. The molecule has 0 atom stereocenters. The second kappa shape index (κ2) is 10.7. The number of anilines is 1. The van der Waals surface area contributed by atoms with Crippen molar-refractivity contribution >= 4 is 34.1 Å². The molecular weight excluding hydrogens is 402 g/mol. The summed E-state index contributed by atoms with van der Waals surface area (Å²) in [7, 11) is 0. The van der Waals surface area contributed by atoms with Gasteiger partial charge in [0.2, 0.25) is 0 Å². The van der Waals surface area contributed by atoms with E-state index in [2.05, 4.69) is 10.6 Å². The molecule has 0 heterocycles. The SMILES string of the molecule is O=C(Nc1cccc2ccccc12)OCCOCCNC(=O)c1ccc([N+](=O)[O-])cc1. The largest absolute Gasteiger partial charge is 0.447 e. The van der Waals surface area contributed by atoms with Crippen molar-refractivity contribution < 1.29 is 24.0 Å². The van der Waals surface area contributed by atoms with Crippen LogP contribution in [0.15, 0.2) is 66.7 Å². The number of ether oxygens (including phenoxy) is 2. The smallest absolute Gasteiger partial charge is 0.411 e. The highest BCUT2D eigenvalue weighted by Gasteiger charge is 2.09. The van der Waals surface area contributed by atoms with Crippen molar-refractivity contribution in [2.75, 3.05) is 31.7 Å². The minimum atomic E-state index is -0.577. The van der Waals surface area contributed by atoms with E-state index >= 15 is 0 Å². The molecule has 3 aromatic carbocycles. The average molecular weight is 423 g/mol. The Morgan fingerprint density at radius 2 is 1.65 bits per heavy atom. The zero-order valence-electron chi connectivity index (χ0n) is 16.6. The van der Waals surface area contributed by atoms with Crippen LogP contribution in [0.2, 0.25) is 0 Å². The van der Waals surface area contributed by atoms with E-state index in [4.69, 9.17) is 9.47 Å². The van der Waals surface area contributed by atoms with E-state index in [0.717, 1.165) is 10.8 Å². The summed E-state index contributed by atoms with van der Waals surface area (Å²) in [5.41, 5.74) is 0.904. The van der Waals surface area contributed by atoms with Gasteiger partial charge in [-0.25, -0.2) is 4.79 Å². The molecule has 2 N–H and O–H groups in total. The van der Waals surface area contributed by atoms with Crippen LogP contribution in [0.4, 0.5) is 16.2 Å². The number of nitro groups is 1. The number of non-ortho nitro benzene ring substituents is 1. The standard InChI is InChI=1S/C22H21N3O6/c26-21(17-8-10-18(11-9-17)25(28)29)23-12-13-30-14-15-31-22(27)24-20-7-3-5-16-4-1-2-6-19(16)20/h1-11H,12-15H2,(H,23,26)(H,24,27). The minimum Gasteiger partial charge on any atom is -0.447 e. The first-order valence-electron chi connectivity index (χ1n) is 9.56. The Kier molecular flexibility index (Phi) is 7.50. The van der Waals surface area contributed by atoms with E-state index in [9.17, 15) is 19.7 Å². The van der Waals surface area contributed by atoms with Crippen molar-refractivity contribution in [1.82, 2.24) is 5.32 Å². The van der Waals surface area contributed by atoms with Crippen molar-refractivity contribution in [3.8, 4) is 0 Å². The summed E-state index contributed by atoms with van der Waals surface area (Å²) in [6, 6.07) is 18.6. The van der Waals surface area contributed by atoms with E-state index in [1.54, 1.807) is 6.07 Å². The van der Waals surface area contributed by atoms with Gasteiger partial charge in [-0.15, -0.1) is 0 Å². The number of carbonyl (C=O) groups is 2. The van der Waals surface area contributed by atoms with Gasteiger partial charge in [0.1, 0.15) is 6.61 Å². The number of fused-ring (bicyclic) bond motifs is 1. The second-order valence-corrected chi connectivity index (χ2v) is 6.46. The minimum absolute atomic E-state index is 0.0624. The predicted molar refractivity (Wildman–Crippen MR) is 115 cm³/mol. The van der Waals surface area contributed by atoms with Gasteiger partial charge in [-0.1, -0.05) is 36.4 Å². The monoisotopic (exact) mass is 423 g/mol. The summed E-state index contributed by atoms with van der Waals surface area (Å²) in [4.78, 5) is 34.0. The van der Waals surface area contributed by atoms with Crippen LogP contribution in [-0.2, 0) is 9.47 Å². The van der Waals surface area contributed by atoms with Crippen molar-refractivity contribution in [1.29, 1.82) is 0 Å². The molecule has 3 rings (SSSR count). The first-order valence-corrected chi connectivity index (χ1v) is 9.56. The maximum absolute atomic E-state index is 12.0. The molecule has 0 saturated heterocycles. The van der Waals surface area contributed by atoms with Crippen LogP contribution in [0, 0.1) is 10.1 Å². The lowest BCUT2D eigenvalue weighted by Crippen LogP contribution is -2.27. The Hall–Kier alpha value is -3.98. The van der Waals surface area contributed by atoms with Gasteiger partial charge in [-0.05, 0) is 23.6 Å². The van der Waals surface area contributed by atoms with Gasteiger partial charge in [0.05, 0.1) is 23.8 Å². The van der Waals surface area contributed by atoms with Gasteiger partial charge >= 0.3 is 6.09 Å². The van der Waals surface area contributed by atoms with Gasteiger partial charge in [0, 0.05) is 29.6 Å². The summed E-state index contributed by atoms with van der Waals surface area (Å²) in [6.45, 7) is 0.717. The molecule has 0 fully saturated rings. The first kappa shape index (κ1) is 21.7. The van der Waals surface area contributed by atoms with Gasteiger partial charge in [0.15, 0.2) is 0 Å². The van der Waals surface area contributed by atoms with E-state index in [1.165, 1.54) is 24.3 Å². The molecule has 0 bridgehead atoms. The van der Waals surface area contributed by atoms with E-state index in [1.807, 2.05) is 36.4 Å². The maximum Gasteiger partial charge on any atom is 0.411 e. The lowest BCUT2D eigenvalue weighted by molar-refractivity contribution is -0.384. The Balaban J connectivity index is 1.31. The topological polar surface area (TPSA) is 120 Å². The van der Waals surface area contributed by atoms with Crippen molar-refractivity contribution in [2.45, 2.75) is 0 Å². The average Bonchev–Trinajstić information content (AvgIpc) is 2.78. The van der Waals surface area contributed by atoms with Crippen LogP contribution in [0.25, 0.3) is 10.8 Å². The molecule has 0 aliphatic carbocycles. The van der Waals surface area contributed by atoms with Crippen LogP contribution in [-0.4, -0.2) is 43.3 Å².